The topological polar surface area (TPSA) is 84.1 Å². The van der Waals surface area contributed by atoms with E-state index < -0.39 is 18.0 Å². The zero-order valence-corrected chi connectivity index (χ0v) is 17.2. The highest BCUT2D eigenvalue weighted by Gasteiger charge is 2.19. The minimum atomic E-state index is -0.899. The third kappa shape index (κ3) is 4.58. The van der Waals surface area contributed by atoms with Crippen LogP contribution in [0.5, 0.6) is 0 Å². The summed E-state index contributed by atoms with van der Waals surface area (Å²) in [6.07, 6.45) is 1.75. The van der Waals surface area contributed by atoms with Gasteiger partial charge in [-0.3, -0.25) is 14.9 Å². The average molecular weight is 420 g/mol. The van der Waals surface area contributed by atoms with Gasteiger partial charge in [-0.05, 0) is 25.0 Å². The molecule has 0 bridgehead atoms. The number of amides is 1. The predicted molar refractivity (Wildman–Crippen MR) is 118 cm³/mol. The molecule has 0 spiro atoms. The molecular weight excluding hydrogens is 398 g/mol. The third-order valence-corrected chi connectivity index (χ3v) is 5.51. The molecule has 30 heavy (non-hydrogen) atoms. The Morgan fingerprint density at radius 2 is 1.90 bits per heavy atom. The van der Waals surface area contributed by atoms with Crippen LogP contribution >= 0.6 is 11.3 Å². The van der Waals surface area contributed by atoms with Gasteiger partial charge in [0.2, 0.25) is 0 Å². The van der Waals surface area contributed by atoms with E-state index in [1.54, 1.807) is 6.92 Å². The van der Waals surface area contributed by atoms with Gasteiger partial charge >= 0.3 is 5.97 Å². The zero-order chi connectivity index (χ0) is 20.9. The smallest absolute Gasteiger partial charge is 0.306 e. The predicted octanol–water partition coefficient (Wildman–Crippen LogP) is 4.79. The van der Waals surface area contributed by atoms with Crippen molar-refractivity contribution in [3.63, 3.8) is 0 Å². The van der Waals surface area contributed by atoms with Gasteiger partial charge in [-0.2, -0.15) is 0 Å². The molecule has 2 aromatic heterocycles. The SMILES string of the molecule is CC(OC(=O)CCc1c[nH]c2ccccc12)C(=O)Nc1nc(-c2ccccc2)cs1. The zero-order valence-electron chi connectivity index (χ0n) is 16.4. The molecule has 1 atom stereocenters. The van der Waals surface area contributed by atoms with Crippen molar-refractivity contribution in [3.05, 3.63) is 71.7 Å². The molecule has 0 aliphatic heterocycles. The van der Waals surface area contributed by atoms with Gasteiger partial charge in [-0.15, -0.1) is 11.3 Å². The standard InChI is InChI=1S/C23H21N3O3S/c1-15(22(28)26-23-25-20(14-30-23)16-7-3-2-4-8-16)29-21(27)12-11-17-13-24-19-10-6-5-9-18(17)19/h2-10,13-15,24H,11-12H2,1H3,(H,25,26,28). The molecule has 0 radical (unpaired) electrons. The van der Waals surface area contributed by atoms with Crippen molar-refractivity contribution in [2.24, 2.45) is 0 Å². The number of nitrogens with one attached hydrogen (secondary N) is 2. The summed E-state index contributed by atoms with van der Waals surface area (Å²) in [6.45, 7) is 1.56. The Bertz CT molecular complexity index is 1170. The van der Waals surface area contributed by atoms with Crippen molar-refractivity contribution in [2.45, 2.75) is 25.9 Å². The summed E-state index contributed by atoms with van der Waals surface area (Å²) in [7, 11) is 0. The first kappa shape index (κ1) is 19.8. The van der Waals surface area contributed by atoms with Gasteiger partial charge in [0.15, 0.2) is 11.2 Å². The molecule has 2 N–H and O–H groups in total. The normalized spacial score (nSPS) is 11.9. The van der Waals surface area contributed by atoms with E-state index in [1.807, 2.05) is 66.2 Å². The molecule has 7 heteroatoms. The van der Waals surface area contributed by atoms with Crippen LogP contribution in [0.3, 0.4) is 0 Å². The van der Waals surface area contributed by atoms with Crippen molar-refractivity contribution < 1.29 is 14.3 Å². The van der Waals surface area contributed by atoms with E-state index in [0.717, 1.165) is 27.7 Å². The summed E-state index contributed by atoms with van der Waals surface area (Å²) >= 11 is 1.33. The first-order valence-electron chi connectivity index (χ1n) is 9.66. The number of rotatable bonds is 7. The second-order valence-electron chi connectivity index (χ2n) is 6.88. The number of aryl methyl sites for hydroxylation is 1. The monoisotopic (exact) mass is 419 g/mol. The van der Waals surface area contributed by atoms with Crippen LogP contribution < -0.4 is 5.32 Å². The lowest BCUT2D eigenvalue weighted by Gasteiger charge is -2.12. The number of benzene rings is 2. The van der Waals surface area contributed by atoms with Crippen LogP contribution in [0.2, 0.25) is 0 Å². The minimum Gasteiger partial charge on any atom is -0.453 e. The largest absolute Gasteiger partial charge is 0.453 e. The fourth-order valence-electron chi connectivity index (χ4n) is 3.16. The van der Waals surface area contributed by atoms with Crippen LogP contribution in [-0.4, -0.2) is 27.9 Å². The van der Waals surface area contributed by atoms with Gasteiger partial charge in [-0.1, -0.05) is 48.5 Å². The highest BCUT2D eigenvalue weighted by atomic mass is 32.1. The van der Waals surface area contributed by atoms with E-state index in [0.29, 0.717) is 11.6 Å². The number of hydrogen-bond acceptors (Lipinski definition) is 5. The Balaban J connectivity index is 1.29. The number of carbonyl (C=O) groups is 2. The maximum atomic E-state index is 12.4. The highest BCUT2D eigenvalue weighted by Crippen LogP contribution is 2.25. The number of fused-ring (bicyclic) bond motifs is 1. The third-order valence-electron chi connectivity index (χ3n) is 4.75. The molecule has 6 nitrogen and oxygen atoms in total. The number of carbonyl (C=O) groups excluding carboxylic acids is 2. The summed E-state index contributed by atoms with van der Waals surface area (Å²) in [4.78, 5) is 32.2. The molecule has 0 saturated heterocycles. The van der Waals surface area contributed by atoms with Crippen molar-refractivity contribution in [3.8, 4) is 11.3 Å². The second kappa shape index (κ2) is 8.92. The summed E-state index contributed by atoms with van der Waals surface area (Å²) in [5.74, 6) is -0.809. The van der Waals surface area contributed by atoms with Gasteiger partial charge in [0.25, 0.3) is 5.91 Å². The summed E-state index contributed by atoms with van der Waals surface area (Å²) < 4.78 is 5.30. The first-order valence-corrected chi connectivity index (χ1v) is 10.5. The number of aromatic amines is 1. The van der Waals surface area contributed by atoms with Gasteiger partial charge in [-0.25, -0.2) is 4.98 Å². The molecule has 0 aliphatic rings. The van der Waals surface area contributed by atoms with Crippen LogP contribution in [0.25, 0.3) is 22.2 Å². The number of aromatic nitrogens is 2. The van der Waals surface area contributed by atoms with Gasteiger partial charge < -0.3 is 9.72 Å². The van der Waals surface area contributed by atoms with Crippen molar-refractivity contribution in [1.82, 2.24) is 9.97 Å². The maximum absolute atomic E-state index is 12.4. The second-order valence-corrected chi connectivity index (χ2v) is 7.74. The van der Waals surface area contributed by atoms with E-state index in [1.165, 1.54) is 11.3 Å². The van der Waals surface area contributed by atoms with Crippen molar-refractivity contribution >= 4 is 39.2 Å². The highest BCUT2D eigenvalue weighted by molar-refractivity contribution is 7.14. The number of thiazole rings is 1. The average Bonchev–Trinajstić information content (AvgIpc) is 3.40. The van der Waals surface area contributed by atoms with Crippen LogP contribution in [0.15, 0.2) is 66.2 Å². The van der Waals surface area contributed by atoms with Crippen molar-refractivity contribution in [1.29, 1.82) is 0 Å². The van der Waals surface area contributed by atoms with Gasteiger partial charge in [0, 0.05) is 34.5 Å². The Morgan fingerprint density at radius 1 is 1.13 bits per heavy atom. The number of anilines is 1. The Kier molecular flexibility index (Phi) is 5.90. The molecule has 4 aromatic rings. The van der Waals surface area contributed by atoms with E-state index in [9.17, 15) is 9.59 Å². The molecule has 0 aliphatic carbocycles. The molecule has 152 valence electrons. The Morgan fingerprint density at radius 3 is 2.73 bits per heavy atom. The lowest BCUT2D eigenvalue weighted by Crippen LogP contribution is -2.30. The number of ether oxygens (including phenoxy) is 1. The fraction of sp³-hybridized carbons (Fsp3) is 0.174. The molecule has 1 unspecified atom stereocenters. The summed E-state index contributed by atoms with van der Waals surface area (Å²) in [5, 5.41) is 6.16. The van der Waals surface area contributed by atoms with E-state index in [4.69, 9.17) is 4.74 Å². The molecule has 2 aromatic carbocycles. The molecule has 0 saturated carbocycles. The number of esters is 1. The Hall–Kier alpha value is -3.45. The van der Waals surface area contributed by atoms with Gasteiger partial charge in [0.05, 0.1) is 5.69 Å². The van der Waals surface area contributed by atoms with Gasteiger partial charge in [0.1, 0.15) is 0 Å². The summed E-state index contributed by atoms with van der Waals surface area (Å²) in [6, 6.07) is 17.7. The quantitative estimate of drug-likeness (QED) is 0.422. The Labute approximate surface area is 177 Å². The molecule has 4 rings (SSSR count). The lowest BCUT2D eigenvalue weighted by atomic mass is 10.1. The van der Waals surface area contributed by atoms with E-state index >= 15 is 0 Å². The molecule has 0 fully saturated rings. The van der Waals surface area contributed by atoms with Crippen LogP contribution in [0, 0.1) is 0 Å². The molecule has 2 heterocycles. The van der Waals surface area contributed by atoms with E-state index in [-0.39, 0.29) is 6.42 Å². The van der Waals surface area contributed by atoms with Crippen LogP contribution in [0.1, 0.15) is 18.9 Å². The number of hydrogen-bond donors (Lipinski definition) is 2. The lowest BCUT2D eigenvalue weighted by molar-refractivity contribution is -0.153. The fourth-order valence-corrected chi connectivity index (χ4v) is 3.89. The molecular formula is C23H21N3O3S. The van der Waals surface area contributed by atoms with E-state index in [2.05, 4.69) is 15.3 Å². The minimum absolute atomic E-state index is 0.203. The van der Waals surface area contributed by atoms with Crippen molar-refractivity contribution in [2.75, 3.05) is 5.32 Å². The molecule has 1 amide bonds. The number of H-pyrrole nitrogens is 1. The summed E-state index contributed by atoms with van der Waals surface area (Å²) in [5.41, 5.74) is 3.85. The maximum Gasteiger partial charge on any atom is 0.306 e. The van der Waals surface area contributed by atoms with Crippen LogP contribution in [-0.2, 0) is 20.7 Å². The van der Waals surface area contributed by atoms with Crippen LogP contribution in [0.4, 0.5) is 5.13 Å². The number of para-hydroxylation sites is 1. The first-order chi connectivity index (χ1) is 14.6. The number of nitrogens with zero attached hydrogens (tertiary/aromatic N) is 1.